The Kier molecular flexibility index (Phi) is 3.43. The lowest BCUT2D eigenvalue weighted by Gasteiger charge is -2.38. The standard InChI is InChI=1S/C15H21NO3/c1-5-19-10-6-11-9(2)8-15(3,4)16-13(11)12(7-10)14(17)18/h6-7,9,16H,5,8H2,1-4H3,(H,17,18)/t9-/m0/s1. The minimum absolute atomic E-state index is 0.0935. The maximum atomic E-state index is 11.5. The summed E-state index contributed by atoms with van der Waals surface area (Å²) < 4.78 is 5.47. The average Bonchev–Trinajstić information content (AvgIpc) is 2.28. The smallest absolute Gasteiger partial charge is 0.337 e. The van der Waals surface area contributed by atoms with Gasteiger partial charge in [-0.15, -0.1) is 0 Å². The molecule has 0 fully saturated rings. The SMILES string of the molecule is CCOc1cc(C(=O)O)c2c(c1)[C@@H](C)CC(C)(C)N2. The van der Waals surface area contributed by atoms with Gasteiger partial charge in [0, 0.05) is 5.54 Å². The van der Waals surface area contributed by atoms with E-state index in [1.54, 1.807) is 6.07 Å². The van der Waals surface area contributed by atoms with Gasteiger partial charge < -0.3 is 15.2 Å². The van der Waals surface area contributed by atoms with Gasteiger partial charge in [-0.05, 0) is 50.8 Å². The molecule has 2 N–H and O–H groups in total. The van der Waals surface area contributed by atoms with E-state index in [9.17, 15) is 9.90 Å². The molecular formula is C15H21NO3. The van der Waals surface area contributed by atoms with Crippen LogP contribution in [0.4, 0.5) is 5.69 Å². The first-order valence-electron chi connectivity index (χ1n) is 6.66. The van der Waals surface area contributed by atoms with Crippen LogP contribution in [0.25, 0.3) is 0 Å². The van der Waals surface area contributed by atoms with Crippen molar-refractivity contribution < 1.29 is 14.6 Å². The van der Waals surface area contributed by atoms with Gasteiger partial charge in [-0.2, -0.15) is 0 Å². The van der Waals surface area contributed by atoms with Crippen LogP contribution in [-0.2, 0) is 0 Å². The molecule has 1 aliphatic heterocycles. The molecule has 0 spiro atoms. The first-order valence-corrected chi connectivity index (χ1v) is 6.66. The van der Waals surface area contributed by atoms with E-state index in [1.165, 1.54) is 0 Å². The molecule has 0 radical (unpaired) electrons. The van der Waals surface area contributed by atoms with E-state index in [4.69, 9.17) is 4.74 Å². The highest BCUT2D eigenvalue weighted by Crippen LogP contribution is 2.42. The van der Waals surface area contributed by atoms with Crippen LogP contribution < -0.4 is 10.1 Å². The minimum Gasteiger partial charge on any atom is -0.494 e. The fourth-order valence-corrected chi connectivity index (χ4v) is 2.85. The van der Waals surface area contributed by atoms with Gasteiger partial charge in [-0.3, -0.25) is 0 Å². The van der Waals surface area contributed by atoms with Crippen LogP contribution in [0, 0.1) is 0 Å². The Morgan fingerprint density at radius 1 is 1.53 bits per heavy atom. The van der Waals surface area contributed by atoms with Crippen molar-refractivity contribution in [2.45, 2.75) is 45.6 Å². The van der Waals surface area contributed by atoms with Crippen LogP contribution in [0.15, 0.2) is 12.1 Å². The summed E-state index contributed by atoms with van der Waals surface area (Å²) in [5, 5.41) is 12.7. The van der Waals surface area contributed by atoms with E-state index in [0.29, 0.717) is 23.8 Å². The third kappa shape index (κ3) is 2.67. The van der Waals surface area contributed by atoms with E-state index in [-0.39, 0.29) is 5.54 Å². The molecule has 0 amide bonds. The van der Waals surface area contributed by atoms with Gasteiger partial charge in [0.05, 0.1) is 17.9 Å². The van der Waals surface area contributed by atoms with Gasteiger partial charge in [0.25, 0.3) is 0 Å². The molecule has 4 nitrogen and oxygen atoms in total. The zero-order valence-electron chi connectivity index (χ0n) is 11.9. The van der Waals surface area contributed by atoms with Crippen molar-refractivity contribution in [3.05, 3.63) is 23.3 Å². The first kappa shape index (κ1) is 13.7. The maximum Gasteiger partial charge on any atom is 0.337 e. The third-order valence-electron chi connectivity index (χ3n) is 3.49. The lowest BCUT2D eigenvalue weighted by atomic mass is 9.81. The number of nitrogens with one attached hydrogen (secondary N) is 1. The molecular weight excluding hydrogens is 242 g/mol. The molecule has 1 heterocycles. The lowest BCUT2D eigenvalue weighted by molar-refractivity contribution is 0.0697. The number of carboxylic acids is 1. The number of hydrogen-bond donors (Lipinski definition) is 2. The molecule has 0 unspecified atom stereocenters. The summed E-state index contributed by atoms with van der Waals surface area (Å²) in [6.45, 7) is 8.74. The van der Waals surface area contributed by atoms with E-state index in [1.807, 2.05) is 13.0 Å². The van der Waals surface area contributed by atoms with Crippen LogP contribution in [0.3, 0.4) is 0 Å². The Balaban J connectivity index is 2.57. The molecule has 0 aliphatic carbocycles. The number of ether oxygens (including phenoxy) is 1. The molecule has 1 aromatic carbocycles. The number of anilines is 1. The highest BCUT2D eigenvalue weighted by molar-refractivity contribution is 5.96. The zero-order valence-corrected chi connectivity index (χ0v) is 11.9. The molecule has 1 atom stereocenters. The first-order chi connectivity index (χ1) is 8.84. The fraction of sp³-hybridized carbons (Fsp3) is 0.533. The van der Waals surface area contributed by atoms with Gasteiger partial charge in [0.15, 0.2) is 0 Å². The van der Waals surface area contributed by atoms with Crippen LogP contribution in [0.5, 0.6) is 5.75 Å². The van der Waals surface area contributed by atoms with Crippen molar-refractivity contribution in [2.75, 3.05) is 11.9 Å². The number of rotatable bonds is 3. The van der Waals surface area contributed by atoms with E-state index >= 15 is 0 Å². The Hall–Kier alpha value is -1.71. The molecule has 0 saturated heterocycles. The molecule has 1 aliphatic rings. The van der Waals surface area contributed by atoms with Gasteiger partial charge in [0.2, 0.25) is 0 Å². The van der Waals surface area contributed by atoms with Crippen LogP contribution >= 0.6 is 0 Å². The quantitative estimate of drug-likeness (QED) is 0.876. The Bertz CT molecular complexity index is 508. The molecule has 1 aromatic rings. The van der Waals surface area contributed by atoms with Crippen LogP contribution in [0.1, 0.15) is 56.0 Å². The van der Waals surface area contributed by atoms with Gasteiger partial charge >= 0.3 is 5.97 Å². The van der Waals surface area contributed by atoms with Gasteiger partial charge in [0.1, 0.15) is 5.75 Å². The highest BCUT2D eigenvalue weighted by atomic mass is 16.5. The predicted molar refractivity (Wildman–Crippen MR) is 75.3 cm³/mol. The zero-order chi connectivity index (χ0) is 14.2. The van der Waals surface area contributed by atoms with Crippen molar-refractivity contribution in [3.63, 3.8) is 0 Å². The van der Waals surface area contributed by atoms with Crippen LogP contribution in [-0.4, -0.2) is 23.2 Å². The summed E-state index contributed by atoms with van der Waals surface area (Å²) in [6.07, 6.45) is 0.967. The molecule has 104 valence electrons. The van der Waals surface area contributed by atoms with E-state index in [2.05, 4.69) is 26.1 Å². The summed E-state index contributed by atoms with van der Waals surface area (Å²) in [5.74, 6) is 0.0203. The van der Waals surface area contributed by atoms with Crippen molar-refractivity contribution in [1.29, 1.82) is 0 Å². The number of benzene rings is 1. The molecule has 2 rings (SSSR count). The Labute approximate surface area is 113 Å². The van der Waals surface area contributed by atoms with Gasteiger partial charge in [-0.1, -0.05) is 6.92 Å². The molecule has 0 aromatic heterocycles. The third-order valence-corrected chi connectivity index (χ3v) is 3.49. The summed E-state index contributed by atoms with van der Waals surface area (Å²) in [5.41, 5.74) is 1.96. The number of fused-ring (bicyclic) bond motifs is 1. The fourth-order valence-electron chi connectivity index (χ4n) is 2.85. The van der Waals surface area contributed by atoms with E-state index in [0.717, 1.165) is 17.7 Å². The predicted octanol–water partition coefficient (Wildman–Crippen LogP) is 3.48. The maximum absolute atomic E-state index is 11.5. The van der Waals surface area contributed by atoms with Crippen molar-refractivity contribution >= 4 is 11.7 Å². The average molecular weight is 263 g/mol. The molecule has 0 saturated carbocycles. The normalized spacial score (nSPS) is 20.3. The van der Waals surface area contributed by atoms with E-state index < -0.39 is 5.97 Å². The summed E-state index contributed by atoms with van der Waals surface area (Å²) in [7, 11) is 0. The van der Waals surface area contributed by atoms with Crippen LogP contribution in [0.2, 0.25) is 0 Å². The summed E-state index contributed by atoms with van der Waals surface area (Å²) in [6, 6.07) is 3.56. The monoisotopic (exact) mass is 263 g/mol. The second-order valence-corrected chi connectivity index (χ2v) is 5.79. The number of hydrogen-bond acceptors (Lipinski definition) is 3. The van der Waals surface area contributed by atoms with Crippen molar-refractivity contribution in [1.82, 2.24) is 0 Å². The second-order valence-electron chi connectivity index (χ2n) is 5.79. The molecule has 19 heavy (non-hydrogen) atoms. The number of aromatic carboxylic acids is 1. The second kappa shape index (κ2) is 4.76. The van der Waals surface area contributed by atoms with Crippen molar-refractivity contribution in [3.8, 4) is 5.75 Å². The summed E-state index contributed by atoms with van der Waals surface area (Å²) in [4.78, 5) is 11.5. The van der Waals surface area contributed by atoms with Crippen molar-refractivity contribution in [2.24, 2.45) is 0 Å². The van der Waals surface area contributed by atoms with Gasteiger partial charge in [-0.25, -0.2) is 4.79 Å². The molecule has 4 heteroatoms. The Morgan fingerprint density at radius 2 is 2.21 bits per heavy atom. The topological polar surface area (TPSA) is 58.6 Å². The minimum atomic E-state index is -0.921. The lowest BCUT2D eigenvalue weighted by Crippen LogP contribution is -2.37. The molecule has 0 bridgehead atoms. The highest BCUT2D eigenvalue weighted by Gasteiger charge is 2.32. The summed E-state index contributed by atoms with van der Waals surface area (Å²) >= 11 is 0. The number of carboxylic acid groups (broad SMARTS) is 1. The number of carbonyl (C=O) groups is 1. The largest absolute Gasteiger partial charge is 0.494 e. The Morgan fingerprint density at radius 3 is 2.79 bits per heavy atom.